The Morgan fingerprint density at radius 3 is 2.40 bits per heavy atom. The van der Waals surface area contributed by atoms with E-state index in [0.29, 0.717) is 5.95 Å². The smallest absolute Gasteiger partial charge is 0.225 e. The van der Waals surface area contributed by atoms with E-state index in [1.165, 1.54) is 0 Å². The summed E-state index contributed by atoms with van der Waals surface area (Å²) >= 11 is 0. The zero-order valence-electron chi connectivity index (χ0n) is 14.5. The van der Waals surface area contributed by atoms with Crippen LogP contribution in [0.25, 0.3) is 11.4 Å². The molecule has 0 bridgehead atoms. The van der Waals surface area contributed by atoms with E-state index < -0.39 is 0 Å². The predicted molar refractivity (Wildman–Crippen MR) is 100 cm³/mol. The van der Waals surface area contributed by atoms with E-state index in [0.717, 1.165) is 35.9 Å². The zero-order chi connectivity index (χ0) is 17.5. The maximum Gasteiger partial charge on any atom is 0.225 e. The second-order valence-corrected chi connectivity index (χ2v) is 5.97. The van der Waals surface area contributed by atoms with Crippen LogP contribution < -0.4 is 10.6 Å². The monoisotopic (exact) mass is 334 g/mol. The Hall–Kier alpha value is -3.02. The molecular formula is C19H22N6. The molecule has 6 nitrogen and oxygen atoms in total. The van der Waals surface area contributed by atoms with Gasteiger partial charge in [0, 0.05) is 43.2 Å². The van der Waals surface area contributed by atoms with E-state index in [2.05, 4.69) is 44.4 Å². The van der Waals surface area contributed by atoms with Crippen LogP contribution in [0, 0.1) is 0 Å². The van der Waals surface area contributed by atoms with Crippen molar-refractivity contribution in [1.29, 1.82) is 0 Å². The first-order valence-corrected chi connectivity index (χ1v) is 8.41. The summed E-state index contributed by atoms with van der Waals surface area (Å²) in [5, 5.41) is 6.62. The highest BCUT2D eigenvalue weighted by molar-refractivity contribution is 5.60. The van der Waals surface area contributed by atoms with Crippen LogP contribution >= 0.6 is 0 Å². The van der Waals surface area contributed by atoms with E-state index in [-0.39, 0.29) is 6.04 Å². The largest absolute Gasteiger partial charge is 0.369 e. The van der Waals surface area contributed by atoms with Crippen LogP contribution in [0.1, 0.15) is 19.5 Å². The van der Waals surface area contributed by atoms with E-state index in [9.17, 15) is 0 Å². The van der Waals surface area contributed by atoms with Crippen LogP contribution in [0.2, 0.25) is 0 Å². The summed E-state index contributed by atoms with van der Waals surface area (Å²) in [7, 11) is 0. The molecule has 6 heteroatoms. The molecule has 3 rings (SSSR count). The lowest BCUT2D eigenvalue weighted by Gasteiger charge is -2.12. The van der Waals surface area contributed by atoms with Gasteiger partial charge < -0.3 is 10.6 Å². The van der Waals surface area contributed by atoms with Gasteiger partial charge in [0.25, 0.3) is 0 Å². The van der Waals surface area contributed by atoms with Gasteiger partial charge in [0.2, 0.25) is 5.95 Å². The fraction of sp³-hybridized carbons (Fsp3) is 0.263. The molecule has 2 N–H and O–H groups in total. The Morgan fingerprint density at radius 2 is 1.72 bits per heavy atom. The van der Waals surface area contributed by atoms with Gasteiger partial charge in [-0.15, -0.1) is 0 Å². The third-order valence-electron chi connectivity index (χ3n) is 3.48. The summed E-state index contributed by atoms with van der Waals surface area (Å²) < 4.78 is 0. The van der Waals surface area contributed by atoms with Crippen LogP contribution in [0.4, 0.5) is 11.8 Å². The van der Waals surface area contributed by atoms with Crippen molar-refractivity contribution in [3.8, 4) is 11.4 Å². The van der Waals surface area contributed by atoms with Crippen molar-refractivity contribution in [2.24, 2.45) is 0 Å². The molecule has 0 spiro atoms. The maximum absolute atomic E-state index is 4.57. The lowest BCUT2D eigenvalue weighted by molar-refractivity contribution is 0.873. The van der Waals surface area contributed by atoms with Gasteiger partial charge in [-0.05, 0) is 38.1 Å². The SMILES string of the molecule is CC(C)Nc1nc(NCCc2ccccn2)cc(-c2ccccn2)n1. The molecule has 0 saturated carbocycles. The van der Waals surface area contributed by atoms with Crippen LogP contribution in [0.15, 0.2) is 54.9 Å². The Morgan fingerprint density at radius 1 is 0.920 bits per heavy atom. The fourth-order valence-electron chi connectivity index (χ4n) is 2.37. The average Bonchev–Trinajstić information content (AvgIpc) is 2.63. The molecule has 128 valence electrons. The maximum atomic E-state index is 4.57. The molecule has 25 heavy (non-hydrogen) atoms. The highest BCUT2D eigenvalue weighted by Gasteiger charge is 2.08. The lowest BCUT2D eigenvalue weighted by Crippen LogP contribution is -2.15. The number of nitrogens with zero attached hydrogens (tertiary/aromatic N) is 4. The van der Waals surface area contributed by atoms with Crippen LogP contribution in [0.5, 0.6) is 0 Å². The van der Waals surface area contributed by atoms with Gasteiger partial charge in [-0.3, -0.25) is 9.97 Å². The molecule has 0 aliphatic rings. The molecule has 0 fully saturated rings. The van der Waals surface area contributed by atoms with Crippen molar-refractivity contribution in [2.45, 2.75) is 26.3 Å². The van der Waals surface area contributed by atoms with E-state index in [4.69, 9.17) is 0 Å². The van der Waals surface area contributed by atoms with E-state index in [1.54, 1.807) is 6.20 Å². The number of rotatable bonds is 7. The topological polar surface area (TPSA) is 75.6 Å². The Labute approximate surface area is 147 Å². The Bertz CT molecular complexity index is 790. The standard InChI is InChI=1S/C19H22N6/c1-14(2)23-19-24-17(16-8-4-6-11-21-16)13-18(25-19)22-12-9-15-7-3-5-10-20-15/h3-8,10-11,13-14H,9,12H2,1-2H3,(H2,22,23,24,25). The summed E-state index contributed by atoms with van der Waals surface area (Å²) in [6.45, 7) is 4.87. The first-order valence-electron chi connectivity index (χ1n) is 8.41. The number of aromatic nitrogens is 4. The Kier molecular flexibility index (Phi) is 5.51. The highest BCUT2D eigenvalue weighted by Crippen LogP contribution is 2.19. The van der Waals surface area contributed by atoms with Crippen molar-refractivity contribution in [2.75, 3.05) is 17.2 Å². The van der Waals surface area contributed by atoms with Crippen molar-refractivity contribution in [3.05, 3.63) is 60.6 Å². The average molecular weight is 334 g/mol. The van der Waals surface area contributed by atoms with Crippen molar-refractivity contribution in [1.82, 2.24) is 19.9 Å². The Balaban J connectivity index is 1.77. The number of pyridine rings is 2. The first kappa shape index (κ1) is 16.8. The molecule has 0 unspecified atom stereocenters. The summed E-state index contributed by atoms with van der Waals surface area (Å²) in [5.41, 5.74) is 2.66. The van der Waals surface area contributed by atoms with Crippen LogP contribution in [-0.4, -0.2) is 32.5 Å². The molecule has 0 radical (unpaired) electrons. The minimum atomic E-state index is 0.250. The second-order valence-electron chi connectivity index (χ2n) is 5.97. The van der Waals surface area contributed by atoms with Gasteiger partial charge in [-0.2, -0.15) is 4.98 Å². The summed E-state index contributed by atoms with van der Waals surface area (Å²) in [4.78, 5) is 17.8. The molecule has 3 aromatic heterocycles. The molecule has 0 aromatic carbocycles. The molecular weight excluding hydrogens is 312 g/mol. The summed E-state index contributed by atoms with van der Waals surface area (Å²) in [5.74, 6) is 1.37. The minimum absolute atomic E-state index is 0.250. The third-order valence-corrected chi connectivity index (χ3v) is 3.48. The van der Waals surface area contributed by atoms with Crippen LogP contribution in [-0.2, 0) is 6.42 Å². The highest BCUT2D eigenvalue weighted by atomic mass is 15.2. The molecule has 3 aromatic rings. The molecule has 0 saturated heterocycles. The predicted octanol–water partition coefficient (Wildman–Crippen LogP) is 3.41. The quantitative estimate of drug-likeness (QED) is 0.689. The summed E-state index contributed by atoms with van der Waals surface area (Å²) in [6, 6.07) is 13.9. The van der Waals surface area contributed by atoms with Gasteiger partial charge in [0.15, 0.2) is 0 Å². The molecule has 0 amide bonds. The second kappa shape index (κ2) is 8.19. The minimum Gasteiger partial charge on any atom is -0.369 e. The van der Waals surface area contributed by atoms with E-state index in [1.807, 2.05) is 48.7 Å². The number of anilines is 2. The van der Waals surface area contributed by atoms with Crippen LogP contribution in [0.3, 0.4) is 0 Å². The number of hydrogen-bond acceptors (Lipinski definition) is 6. The first-order chi connectivity index (χ1) is 12.2. The van der Waals surface area contributed by atoms with Crippen molar-refractivity contribution >= 4 is 11.8 Å². The number of hydrogen-bond donors (Lipinski definition) is 2. The fourth-order valence-corrected chi connectivity index (χ4v) is 2.37. The van der Waals surface area contributed by atoms with Gasteiger partial charge in [0.05, 0.1) is 11.4 Å². The molecule has 0 atom stereocenters. The van der Waals surface area contributed by atoms with Gasteiger partial charge in [0.1, 0.15) is 5.82 Å². The third kappa shape index (κ3) is 4.97. The molecule has 0 aliphatic carbocycles. The number of nitrogens with one attached hydrogen (secondary N) is 2. The molecule has 0 aliphatic heterocycles. The van der Waals surface area contributed by atoms with Crippen molar-refractivity contribution in [3.63, 3.8) is 0 Å². The van der Waals surface area contributed by atoms with Gasteiger partial charge in [-0.1, -0.05) is 12.1 Å². The van der Waals surface area contributed by atoms with Gasteiger partial charge in [-0.25, -0.2) is 4.98 Å². The zero-order valence-corrected chi connectivity index (χ0v) is 14.5. The molecule has 3 heterocycles. The van der Waals surface area contributed by atoms with Gasteiger partial charge >= 0.3 is 0 Å². The van der Waals surface area contributed by atoms with E-state index >= 15 is 0 Å². The summed E-state index contributed by atoms with van der Waals surface area (Å²) in [6.07, 6.45) is 4.40. The van der Waals surface area contributed by atoms with Crippen molar-refractivity contribution < 1.29 is 0 Å². The normalized spacial score (nSPS) is 10.7. The lowest BCUT2D eigenvalue weighted by atomic mass is 10.2.